The Kier molecular flexibility index (Phi) is 4.74. The lowest BCUT2D eigenvalue weighted by Crippen LogP contribution is -2.43. The fraction of sp³-hybridized carbons (Fsp3) is 0.619. The van der Waals surface area contributed by atoms with E-state index in [1.807, 2.05) is 11.0 Å². The number of aliphatic carboxylic acids is 1. The second kappa shape index (κ2) is 7.03. The number of hydrogen-bond donors (Lipinski definition) is 1. The van der Waals surface area contributed by atoms with Crippen LogP contribution in [0.2, 0.25) is 0 Å². The molecule has 1 amide bonds. The molecule has 1 aliphatic carbocycles. The van der Waals surface area contributed by atoms with Crippen LogP contribution in [0.5, 0.6) is 0 Å². The second-order valence-electron chi connectivity index (χ2n) is 8.26. The molecular formula is C21H28N2O3. The van der Waals surface area contributed by atoms with E-state index in [0.29, 0.717) is 18.9 Å². The molecule has 0 aromatic heterocycles. The SMILES string of the molecule is O=C1CCCN1CCN1C[C@@H]2C[C@@H](c3ccccc3)CC[C@]2(C(=O)O)C1. The van der Waals surface area contributed by atoms with E-state index in [1.165, 1.54) is 5.56 Å². The first-order chi connectivity index (χ1) is 12.6. The monoisotopic (exact) mass is 356 g/mol. The summed E-state index contributed by atoms with van der Waals surface area (Å²) in [5, 5.41) is 10.0. The highest BCUT2D eigenvalue weighted by molar-refractivity contribution is 5.78. The number of benzene rings is 1. The zero-order chi connectivity index (χ0) is 18.1. The molecule has 0 bridgehead atoms. The number of carboxylic acids is 1. The van der Waals surface area contributed by atoms with Gasteiger partial charge >= 0.3 is 5.97 Å². The number of carboxylic acid groups (broad SMARTS) is 1. The molecule has 1 aromatic carbocycles. The van der Waals surface area contributed by atoms with E-state index in [2.05, 4.69) is 29.2 Å². The van der Waals surface area contributed by atoms with Crippen molar-refractivity contribution in [1.29, 1.82) is 0 Å². The summed E-state index contributed by atoms with van der Waals surface area (Å²) in [6.07, 6.45) is 4.28. The quantitative estimate of drug-likeness (QED) is 0.881. The minimum Gasteiger partial charge on any atom is -0.481 e. The van der Waals surface area contributed by atoms with E-state index < -0.39 is 11.4 Å². The van der Waals surface area contributed by atoms with Crippen LogP contribution < -0.4 is 0 Å². The normalized spacial score (nSPS) is 32.0. The summed E-state index contributed by atoms with van der Waals surface area (Å²) < 4.78 is 0. The Hall–Kier alpha value is -1.88. The van der Waals surface area contributed by atoms with Gasteiger partial charge in [0, 0.05) is 39.1 Å². The molecule has 2 saturated heterocycles. The summed E-state index contributed by atoms with van der Waals surface area (Å²) in [5.41, 5.74) is 0.743. The van der Waals surface area contributed by atoms with Crippen LogP contribution in [0.1, 0.15) is 43.6 Å². The summed E-state index contributed by atoms with van der Waals surface area (Å²) in [6, 6.07) is 10.5. The standard InChI is InChI=1S/C21H28N2O3/c24-19-7-4-10-23(19)12-11-22-14-18-13-17(16-5-2-1-3-6-16)8-9-21(18,15-22)20(25)26/h1-3,5-6,17-18H,4,7-15H2,(H,25,26)/t17-,18-,21-/m0/s1. The maximum absolute atomic E-state index is 12.2. The third-order valence-corrected chi connectivity index (χ3v) is 6.83. The molecule has 4 rings (SSSR count). The van der Waals surface area contributed by atoms with E-state index >= 15 is 0 Å². The smallest absolute Gasteiger partial charge is 0.311 e. The zero-order valence-electron chi connectivity index (χ0n) is 15.3. The van der Waals surface area contributed by atoms with Crippen LogP contribution >= 0.6 is 0 Å². The summed E-state index contributed by atoms with van der Waals surface area (Å²) in [4.78, 5) is 28.2. The Bertz CT molecular complexity index is 677. The molecule has 0 unspecified atom stereocenters. The number of likely N-dealkylation sites (tertiary alicyclic amines) is 2. The molecule has 1 saturated carbocycles. The lowest BCUT2D eigenvalue weighted by molar-refractivity contribution is -0.152. The third kappa shape index (κ3) is 3.13. The van der Waals surface area contributed by atoms with Gasteiger partial charge in [-0.1, -0.05) is 30.3 Å². The summed E-state index contributed by atoms with van der Waals surface area (Å²) >= 11 is 0. The van der Waals surface area contributed by atoms with Gasteiger partial charge in [0.1, 0.15) is 0 Å². The molecule has 140 valence electrons. The van der Waals surface area contributed by atoms with Gasteiger partial charge in [0.05, 0.1) is 5.41 Å². The van der Waals surface area contributed by atoms with Crippen LogP contribution in [0, 0.1) is 11.3 Å². The second-order valence-corrected chi connectivity index (χ2v) is 8.26. The third-order valence-electron chi connectivity index (χ3n) is 6.83. The Morgan fingerprint density at radius 3 is 2.73 bits per heavy atom. The minimum atomic E-state index is -0.631. The van der Waals surface area contributed by atoms with E-state index in [0.717, 1.165) is 51.9 Å². The fourth-order valence-corrected chi connectivity index (χ4v) is 5.31. The van der Waals surface area contributed by atoms with Gasteiger partial charge in [-0.15, -0.1) is 0 Å². The molecule has 3 fully saturated rings. The van der Waals surface area contributed by atoms with Crippen LogP contribution in [0.15, 0.2) is 30.3 Å². The zero-order valence-corrected chi connectivity index (χ0v) is 15.3. The molecule has 5 nitrogen and oxygen atoms in total. The van der Waals surface area contributed by atoms with Gasteiger partial charge in [0.2, 0.25) is 5.91 Å². The van der Waals surface area contributed by atoms with Gasteiger partial charge < -0.3 is 14.9 Å². The summed E-state index contributed by atoms with van der Waals surface area (Å²) in [6.45, 7) is 3.88. The van der Waals surface area contributed by atoms with Gasteiger partial charge in [-0.2, -0.15) is 0 Å². The highest BCUT2D eigenvalue weighted by Crippen LogP contribution is 2.51. The van der Waals surface area contributed by atoms with Crippen LogP contribution in [0.4, 0.5) is 0 Å². The molecule has 5 heteroatoms. The molecule has 0 radical (unpaired) electrons. The number of hydrogen-bond acceptors (Lipinski definition) is 3. The van der Waals surface area contributed by atoms with Gasteiger partial charge in [0.25, 0.3) is 0 Å². The molecule has 3 atom stereocenters. The molecule has 3 aliphatic rings. The van der Waals surface area contributed by atoms with E-state index in [4.69, 9.17) is 0 Å². The first-order valence-corrected chi connectivity index (χ1v) is 9.87. The Balaban J connectivity index is 1.43. The van der Waals surface area contributed by atoms with Crippen LogP contribution in [-0.2, 0) is 9.59 Å². The Labute approximate surface area is 155 Å². The number of carbonyl (C=O) groups excluding carboxylic acids is 1. The highest BCUT2D eigenvalue weighted by Gasteiger charge is 2.54. The molecule has 2 aliphatic heterocycles. The van der Waals surface area contributed by atoms with E-state index in [9.17, 15) is 14.7 Å². The number of fused-ring (bicyclic) bond motifs is 1. The first-order valence-electron chi connectivity index (χ1n) is 9.87. The van der Waals surface area contributed by atoms with Gasteiger partial charge in [-0.05, 0) is 43.1 Å². The Morgan fingerprint density at radius 2 is 2.04 bits per heavy atom. The molecule has 0 spiro atoms. The van der Waals surface area contributed by atoms with Crippen molar-refractivity contribution in [2.75, 3.05) is 32.7 Å². The average Bonchev–Trinajstić information content (AvgIpc) is 3.23. The number of amides is 1. The lowest BCUT2D eigenvalue weighted by atomic mass is 9.64. The Morgan fingerprint density at radius 1 is 1.23 bits per heavy atom. The van der Waals surface area contributed by atoms with Crippen molar-refractivity contribution in [3.63, 3.8) is 0 Å². The molecule has 26 heavy (non-hydrogen) atoms. The van der Waals surface area contributed by atoms with Crippen molar-refractivity contribution in [2.24, 2.45) is 11.3 Å². The van der Waals surface area contributed by atoms with Gasteiger partial charge in [0.15, 0.2) is 0 Å². The summed E-state index contributed by atoms with van der Waals surface area (Å²) in [7, 11) is 0. The first kappa shape index (κ1) is 17.5. The van der Waals surface area contributed by atoms with E-state index in [-0.39, 0.29) is 11.8 Å². The molecule has 2 heterocycles. The van der Waals surface area contributed by atoms with Crippen molar-refractivity contribution in [2.45, 2.75) is 38.0 Å². The average molecular weight is 356 g/mol. The number of nitrogens with zero attached hydrogens (tertiary/aromatic N) is 2. The van der Waals surface area contributed by atoms with Crippen molar-refractivity contribution < 1.29 is 14.7 Å². The van der Waals surface area contributed by atoms with Crippen LogP contribution in [0.3, 0.4) is 0 Å². The summed E-state index contributed by atoms with van der Waals surface area (Å²) in [5.74, 6) is 0.287. The largest absolute Gasteiger partial charge is 0.481 e. The van der Waals surface area contributed by atoms with Gasteiger partial charge in [-0.3, -0.25) is 9.59 Å². The van der Waals surface area contributed by atoms with Crippen LogP contribution in [-0.4, -0.2) is 59.5 Å². The molecule has 1 N–H and O–H groups in total. The predicted molar refractivity (Wildman–Crippen MR) is 98.8 cm³/mol. The molecular weight excluding hydrogens is 328 g/mol. The van der Waals surface area contributed by atoms with Crippen molar-refractivity contribution >= 4 is 11.9 Å². The molecule has 1 aromatic rings. The van der Waals surface area contributed by atoms with Crippen molar-refractivity contribution in [3.05, 3.63) is 35.9 Å². The lowest BCUT2D eigenvalue weighted by Gasteiger charge is -2.38. The number of carbonyl (C=O) groups is 2. The van der Waals surface area contributed by atoms with E-state index in [1.54, 1.807) is 0 Å². The maximum Gasteiger partial charge on any atom is 0.311 e. The van der Waals surface area contributed by atoms with Crippen molar-refractivity contribution in [3.8, 4) is 0 Å². The topological polar surface area (TPSA) is 60.9 Å². The van der Waals surface area contributed by atoms with Crippen molar-refractivity contribution in [1.82, 2.24) is 9.80 Å². The van der Waals surface area contributed by atoms with Gasteiger partial charge in [-0.25, -0.2) is 0 Å². The number of rotatable bonds is 5. The minimum absolute atomic E-state index is 0.202. The highest BCUT2D eigenvalue weighted by atomic mass is 16.4. The van der Waals surface area contributed by atoms with Crippen LogP contribution in [0.25, 0.3) is 0 Å². The predicted octanol–water partition coefficient (Wildman–Crippen LogP) is 2.58. The fourth-order valence-electron chi connectivity index (χ4n) is 5.31. The maximum atomic E-state index is 12.2.